The third-order valence-corrected chi connectivity index (χ3v) is 6.69. The molecule has 2 aliphatic heterocycles. The minimum atomic E-state index is -2.61. The molecule has 0 saturated carbocycles. The molecule has 2 aromatic rings. The van der Waals surface area contributed by atoms with Crippen molar-refractivity contribution in [3.05, 3.63) is 42.5 Å². The third kappa shape index (κ3) is 4.61. The average Bonchev–Trinajstić information content (AvgIpc) is 2.73. The van der Waals surface area contributed by atoms with Crippen molar-refractivity contribution in [1.82, 2.24) is 4.90 Å². The molecule has 0 spiro atoms. The number of benzene rings is 2. The number of fused-ring (bicyclic) bond motifs is 1. The monoisotopic (exact) mass is 472 g/mol. The van der Waals surface area contributed by atoms with Crippen LogP contribution in [0.5, 0.6) is 11.5 Å². The Labute approximate surface area is 190 Å². The van der Waals surface area contributed by atoms with Gasteiger partial charge in [0.05, 0.1) is 34.5 Å². The number of ether oxygens (including phenoxy) is 2. The van der Waals surface area contributed by atoms with Crippen molar-refractivity contribution in [2.75, 3.05) is 51.6 Å². The molecule has 2 aromatic carbocycles. The summed E-state index contributed by atoms with van der Waals surface area (Å²) in [6.07, 6.45) is 1.65. The number of piperazine rings is 1. The molecule has 0 bridgehead atoms. The second-order valence-electron chi connectivity index (χ2n) is 6.79. The molecule has 10 heteroatoms. The zero-order chi connectivity index (χ0) is 19.7. The molecular weight excluding hydrogens is 447 g/mol. The molecule has 164 valence electrons. The zero-order valence-electron chi connectivity index (χ0n) is 17.1. The van der Waals surface area contributed by atoms with E-state index in [0.717, 1.165) is 26.2 Å². The van der Waals surface area contributed by atoms with Gasteiger partial charge in [-0.3, -0.25) is 0 Å². The molecule has 4 rings (SSSR count). The van der Waals surface area contributed by atoms with Crippen molar-refractivity contribution < 1.29 is 13.7 Å². The molecule has 1 unspecified atom stereocenters. The average molecular weight is 473 g/mol. The van der Waals surface area contributed by atoms with E-state index in [0.29, 0.717) is 28.0 Å². The number of guanidine groups is 1. The Morgan fingerprint density at radius 3 is 2.07 bits per heavy atom. The number of nitrogens with zero attached hydrogens (tertiary/aromatic N) is 4. The molecule has 1 saturated heterocycles. The minimum absolute atomic E-state index is 0. The van der Waals surface area contributed by atoms with E-state index in [1.54, 1.807) is 32.6 Å². The zero-order valence-corrected chi connectivity index (χ0v) is 19.6. The first-order chi connectivity index (χ1) is 13.5. The van der Waals surface area contributed by atoms with Crippen LogP contribution < -0.4 is 14.4 Å². The summed E-state index contributed by atoms with van der Waals surface area (Å²) in [5.41, 5.74) is 1.84. The quantitative estimate of drug-likeness (QED) is 0.678. The van der Waals surface area contributed by atoms with Gasteiger partial charge in [0.25, 0.3) is 0 Å². The Morgan fingerprint density at radius 2 is 1.47 bits per heavy atom. The molecule has 1 atom stereocenters. The predicted octanol–water partition coefficient (Wildman–Crippen LogP) is 3.83. The fourth-order valence-electron chi connectivity index (χ4n) is 3.51. The van der Waals surface area contributed by atoms with E-state index in [1.165, 1.54) is 5.69 Å². The van der Waals surface area contributed by atoms with E-state index in [2.05, 4.69) is 31.3 Å². The molecular formula is C20H26Cl2N4O3S. The Balaban J connectivity index is 0.00000160. The van der Waals surface area contributed by atoms with Gasteiger partial charge in [0, 0.05) is 50.3 Å². The van der Waals surface area contributed by atoms with Crippen molar-refractivity contribution in [3.8, 4) is 11.5 Å². The first kappa shape index (κ1) is 24.1. The largest absolute Gasteiger partial charge is 0.493 e. The van der Waals surface area contributed by atoms with E-state index in [9.17, 15) is 4.21 Å². The molecule has 0 amide bonds. The second-order valence-corrected chi connectivity index (χ2v) is 9.02. The molecule has 2 aliphatic rings. The van der Waals surface area contributed by atoms with Gasteiger partial charge in [-0.25, -0.2) is 9.20 Å². The summed E-state index contributed by atoms with van der Waals surface area (Å²) in [5.74, 6) is 1.62. The summed E-state index contributed by atoms with van der Waals surface area (Å²) in [6.45, 7) is 3.27. The van der Waals surface area contributed by atoms with Gasteiger partial charge in [-0.2, -0.15) is 4.36 Å². The number of methoxy groups -OCH3 is 2. The number of halogens is 2. The van der Waals surface area contributed by atoms with Crippen LogP contribution in [0.2, 0.25) is 0 Å². The number of rotatable bonds is 3. The summed E-state index contributed by atoms with van der Waals surface area (Å²) in [6, 6.07) is 13.8. The smallest absolute Gasteiger partial charge is 0.234 e. The second kappa shape index (κ2) is 9.76. The fraction of sp³-hybridized carbons (Fsp3) is 0.350. The summed E-state index contributed by atoms with van der Waals surface area (Å²) in [4.78, 5) is 9.71. The summed E-state index contributed by atoms with van der Waals surface area (Å²) in [7, 11) is 0.525. The summed E-state index contributed by atoms with van der Waals surface area (Å²) >= 11 is 0. The van der Waals surface area contributed by atoms with E-state index in [1.807, 2.05) is 18.2 Å². The van der Waals surface area contributed by atoms with Gasteiger partial charge in [0.2, 0.25) is 5.96 Å². The Bertz CT molecular complexity index is 1030. The molecule has 30 heavy (non-hydrogen) atoms. The van der Waals surface area contributed by atoms with Crippen molar-refractivity contribution >= 4 is 51.9 Å². The van der Waals surface area contributed by atoms with E-state index in [-0.39, 0.29) is 24.8 Å². The standard InChI is InChI=1S/C20H24N4O3S.2ClH/c1-26-17-13-16-19(14-18(17)27-2)28(3,25)22-20(21-16)24-11-9-23(10-12-24)15-7-5-4-6-8-15;;/h4-8,13-14H,9-12H2,1-3H3;2*1H. The Kier molecular flexibility index (Phi) is 7.85. The first-order valence-electron chi connectivity index (χ1n) is 9.13. The lowest BCUT2D eigenvalue weighted by molar-refractivity contribution is 0.354. The highest BCUT2D eigenvalue weighted by molar-refractivity contribution is 7.93. The van der Waals surface area contributed by atoms with Crippen molar-refractivity contribution in [2.24, 2.45) is 9.36 Å². The van der Waals surface area contributed by atoms with Crippen LogP contribution >= 0.6 is 24.8 Å². The topological polar surface area (TPSA) is 66.7 Å². The highest BCUT2D eigenvalue weighted by Gasteiger charge is 2.27. The molecule has 7 nitrogen and oxygen atoms in total. The van der Waals surface area contributed by atoms with Gasteiger partial charge in [0.1, 0.15) is 0 Å². The summed E-state index contributed by atoms with van der Waals surface area (Å²) < 4.78 is 28.5. The molecule has 1 fully saturated rings. The number of anilines is 1. The van der Waals surface area contributed by atoms with Crippen LogP contribution in [0, 0.1) is 0 Å². The van der Waals surface area contributed by atoms with E-state index >= 15 is 0 Å². The van der Waals surface area contributed by atoms with Gasteiger partial charge in [-0.1, -0.05) is 18.2 Å². The molecule has 0 N–H and O–H groups in total. The maximum absolute atomic E-state index is 13.3. The molecule has 0 aliphatic carbocycles. The summed E-state index contributed by atoms with van der Waals surface area (Å²) in [5, 5.41) is 0. The van der Waals surface area contributed by atoms with Crippen LogP contribution in [0.4, 0.5) is 11.4 Å². The van der Waals surface area contributed by atoms with Gasteiger partial charge >= 0.3 is 0 Å². The number of aliphatic imine (C=N–C) groups is 1. The van der Waals surface area contributed by atoms with Crippen LogP contribution in [-0.2, 0) is 9.73 Å². The Hall–Kier alpha value is -2.16. The lowest BCUT2D eigenvalue weighted by Crippen LogP contribution is -2.48. The molecule has 0 aromatic heterocycles. The maximum Gasteiger partial charge on any atom is 0.234 e. The van der Waals surface area contributed by atoms with Crippen LogP contribution in [-0.4, -0.2) is 61.7 Å². The van der Waals surface area contributed by atoms with Crippen LogP contribution in [0.3, 0.4) is 0 Å². The normalized spacial score (nSPS) is 20.0. The van der Waals surface area contributed by atoms with Crippen molar-refractivity contribution in [1.29, 1.82) is 0 Å². The first-order valence-corrected chi connectivity index (χ1v) is 11.1. The van der Waals surface area contributed by atoms with Crippen LogP contribution in [0.15, 0.2) is 56.7 Å². The fourth-order valence-corrected chi connectivity index (χ4v) is 4.89. The van der Waals surface area contributed by atoms with Crippen LogP contribution in [0.1, 0.15) is 0 Å². The highest BCUT2D eigenvalue weighted by atomic mass is 35.5. The lowest BCUT2D eigenvalue weighted by atomic mass is 10.2. The third-order valence-electron chi connectivity index (χ3n) is 5.03. The number of hydrogen-bond acceptors (Lipinski definition) is 7. The minimum Gasteiger partial charge on any atom is -0.493 e. The van der Waals surface area contributed by atoms with Gasteiger partial charge in [-0.05, 0) is 12.1 Å². The van der Waals surface area contributed by atoms with Gasteiger partial charge < -0.3 is 19.3 Å². The molecule has 0 radical (unpaired) electrons. The van der Waals surface area contributed by atoms with Crippen molar-refractivity contribution in [2.45, 2.75) is 4.90 Å². The lowest BCUT2D eigenvalue weighted by Gasteiger charge is -2.37. The Morgan fingerprint density at radius 1 is 0.900 bits per heavy atom. The number of para-hydroxylation sites is 1. The van der Waals surface area contributed by atoms with E-state index in [4.69, 9.17) is 9.47 Å². The maximum atomic E-state index is 13.3. The van der Waals surface area contributed by atoms with Gasteiger partial charge in [0.15, 0.2) is 11.5 Å². The SMILES string of the molecule is COc1cc2c(cc1OC)S(C)(=O)=NC(N1CCN(c3ccccc3)CC1)=N2.Cl.Cl. The van der Waals surface area contributed by atoms with Crippen molar-refractivity contribution in [3.63, 3.8) is 0 Å². The predicted molar refractivity (Wildman–Crippen MR) is 126 cm³/mol. The van der Waals surface area contributed by atoms with E-state index < -0.39 is 9.73 Å². The van der Waals surface area contributed by atoms with Gasteiger partial charge in [-0.15, -0.1) is 24.8 Å². The highest BCUT2D eigenvalue weighted by Crippen LogP contribution is 2.39. The number of hydrogen-bond donors (Lipinski definition) is 0. The van der Waals surface area contributed by atoms with Crippen LogP contribution in [0.25, 0.3) is 0 Å². The molecule has 2 heterocycles.